The lowest BCUT2D eigenvalue weighted by Gasteiger charge is -2.14. The molecule has 1 atom stereocenters. The standard InChI is InChI=1S/C11H24N2O2S/c1-2-11(12)10-16(14,15)9-5-8-13-6-3-4-7-13/h11H,2-10,12H2,1H3. The van der Waals surface area contributed by atoms with Crippen LogP contribution in [0.15, 0.2) is 0 Å². The SMILES string of the molecule is CCC(N)CS(=O)(=O)CCCN1CCCC1. The summed E-state index contributed by atoms with van der Waals surface area (Å²) in [5.74, 6) is 0.431. The van der Waals surface area contributed by atoms with Gasteiger partial charge in [-0.05, 0) is 45.3 Å². The Bertz CT molecular complexity index is 284. The lowest BCUT2D eigenvalue weighted by molar-refractivity contribution is 0.340. The maximum atomic E-state index is 11.7. The molecule has 96 valence electrons. The first-order valence-corrected chi connectivity index (χ1v) is 8.04. The molecule has 1 saturated heterocycles. The molecule has 2 N–H and O–H groups in total. The quantitative estimate of drug-likeness (QED) is 0.717. The van der Waals surface area contributed by atoms with Crippen LogP contribution in [-0.2, 0) is 9.84 Å². The zero-order valence-electron chi connectivity index (χ0n) is 10.2. The molecule has 1 rings (SSSR count). The molecule has 0 bridgehead atoms. The van der Waals surface area contributed by atoms with Crippen LogP contribution in [0.4, 0.5) is 0 Å². The van der Waals surface area contributed by atoms with Crippen molar-refractivity contribution < 1.29 is 8.42 Å². The van der Waals surface area contributed by atoms with Crippen molar-refractivity contribution >= 4 is 9.84 Å². The van der Waals surface area contributed by atoms with Gasteiger partial charge in [0.2, 0.25) is 0 Å². The highest BCUT2D eigenvalue weighted by molar-refractivity contribution is 7.91. The maximum Gasteiger partial charge on any atom is 0.151 e. The van der Waals surface area contributed by atoms with Crippen molar-refractivity contribution in [3.05, 3.63) is 0 Å². The molecule has 4 nitrogen and oxygen atoms in total. The largest absolute Gasteiger partial charge is 0.327 e. The first kappa shape index (κ1) is 13.9. The van der Waals surface area contributed by atoms with E-state index < -0.39 is 9.84 Å². The third kappa shape index (κ3) is 5.27. The zero-order chi connectivity index (χ0) is 12.0. The summed E-state index contributed by atoms with van der Waals surface area (Å²) in [5, 5.41) is 0. The molecule has 5 heteroatoms. The Balaban J connectivity index is 2.19. The molecular weight excluding hydrogens is 224 g/mol. The number of sulfone groups is 1. The third-order valence-electron chi connectivity index (χ3n) is 3.12. The Kier molecular flexibility index (Phi) is 5.72. The Morgan fingerprint density at radius 1 is 1.31 bits per heavy atom. The van der Waals surface area contributed by atoms with Gasteiger partial charge in [-0.1, -0.05) is 6.92 Å². The van der Waals surface area contributed by atoms with E-state index in [0.717, 1.165) is 32.5 Å². The average Bonchev–Trinajstić information content (AvgIpc) is 2.69. The lowest BCUT2D eigenvalue weighted by atomic mass is 10.3. The molecule has 0 aliphatic carbocycles. The summed E-state index contributed by atoms with van der Waals surface area (Å²) in [6.07, 6.45) is 3.99. The fourth-order valence-corrected chi connectivity index (χ4v) is 3.67. The number of likely N-dealkylation sites (tertiary alicyclic amines) is 1. The van der Waals surface area contributed by atoms with E-state index in [4.69, 9.17) is 5.73 Å². The fourth-order valence-electron chi connectivity index (χ4n) is 2.04. The minimum atomic E-state index is -2.94. The third-order valence-corrected chi connectivity index (χ3v) is 4.97. The van der Waals surface area contributed by atoms with Gasteiger partial charge < -0.3 is 10.6 Å². The van der Waals surface area contributed by atoms with Crippen LogP contribution < -0.4 is 5.73 Å². The topological polar surface area (TPSA) is 63.4 Å². The average molecular weight is 248 g/mol. The van der Waals surface area contributed by atoms with Gasteiger partial charge in [0, 0.05) is 6.04 Å². The maximum absolute atomic E-state index is 11.7. The predicted octanol–water partition coefficient (Wildman–Crippen LogP) is 0.624. The summed E-state index contributed by atoms with van der Waals surface area (Å²) in [5.41, 5.74) is 5.66. The van der Waals surface area contributed by atoms with Gasteiger partial charge in [0.15, 0.2) is 9.84 Å². The van der Waals surface area contributed by atoms with Gasteiger partial charge in [-0.15, -0.1) is 0 Å². The van der Waals surface area contributed by atoms with Crippen LogP contribution in [0, 0.1) is 0 Å². The fraction of sp³-hybridized carbons (Fsp3) is 1.00. The second-order valence-electron chi connectivity index (χ2n) is 4.68. The smallest absolute Gasteiger partial charge is 0.151 e. The van der Waals surface area contributed by atoms with Crippen LogP contribution in [0.25, 0.3) is 0 Å². The second-order valence-corrected chi connectivity index (χ2v) is 6.91. The van der Waals surface area contributed by atoms with Gasteiger partial charge in [-0.25, -0.2) is 8.42 Å². The van der Waals surface area contributed by atoms with Crippen molar-refractivity contribution in [2.75, 3.05) is 31.1 Å². The van der Waals surface area contributed by atoms with Crippen LogP contribution in [0.1, 0.15) is 32.6 Å². The molecule has 0 spiro atoms. The molecule has 0 aromatic carbocycles. The second kappa shape index (κ2) is 6.57. The highest BCUT2D eigenvalue weighted by Crippen LogP contribution is 2.08. The number of nitrogens with zero attached hydrogens (tertiary/aromatic N) is 1. The summed E-state index contributed by atoms with van der Waals surface area (Å²) >= 11 is 0. The first-order chi connectivity index (χ1) is 7.53. The van der Waals surface area contributed by atoms with E-state index in [1.807, 2.05) is 6.92 Å². The first-order valence-electron chi connectivity index (χ1n) is 6.22. The zero-order valence-corrected chi connectivity index (χ0v) is 11.0. The van der Waals surface area contributed by atoms with E-state index in [2.05, 4.69) is 4.90 Å². The monoisotopic (exact) mass is 248 g/mol. The van der Waals surface area contributed by atoms with E-state index >= 15 is 0 Å². The van der Waals surface area contributed by atoms with Crippen molar-refractivity contribution in [1.29, 1.82) is 0 Å². The van der Waals surface area contributed by atoms with Gasteiger partial charge in [0.25, 0.3) is 0 Å². The molecule has 16 heavy (non-hydrogen) atoms. The van der Waals surface area contributed by atoms with Crippen molar-refractivity contribution in [3.8, 4) is 0 Å². The summed E-state index contributed by atoms with van der Waals surface area (Å²) < 4.78 is 23.4. The highest BCUT2D eigenvalue weighted by Gasteiger charge is 2.16. The predicted molar refractivity (Wildman–Crippen MR) is 67.2 cm³/mol. The molecule has 0 aromatic rings. The van der Waals surface area contributed by atoms with Gasteiger partial charge in [-0.2, -0.15) is 0 Å². The molecular formula is C11H24N2O2S. The minimum absolute atomic E-state index is 0.142. The Morgan fingerprint density at radius 3 is 2.50 bits per heavy atom. The van der Waals surface area contributed by atoms with E-state index in [1.165, 1.54) is 12.8 Å². The Morgan fingerprint density at radius 2 is 1.94 bits per heavy atom. The van der Waals surface area contributed by atoms with Crippen LogP contribution >= 0.6 is 0 Å². The summed E-state index contributed by atoms with van der Waals surface area (Å²) in [6.45, 7) is 5.11. The van der Waals surface area contributed by atoms with Gasteiger partial charge >= 0.3 is 0 Å². The van der Waals surface area contributed by atoms with Gasteiger partial charge in [0.05, 0.1) is 11.5 Å². The molecule has 0 amide bonds. The molecule has 0 aromatic heterocycles. The van der Waals surface area contributed by atoms with E-state index in [0.29, 0.717) is 0 Å². The van der Waals surface area contributed by atoms with Crippen LogP contribution in [0.5, 0.6) is 0 Å². The van der Waals surface area contributed by atoms with Crippen molar-refractivity contribution in [1.82, 2.24) is 4.90 Å². The van der Waals surface area contributed by atoms with Crippen LogP contribution in [-0.4, -0.2) is 50.5 Å². The molecule has 1 aliphatic heterocycles. The molecule has 1 aliphatic rings. The van der Waals surface area contributed by atoms with E-state index in [-0.39, 0.29) is 17.5 Å². The number of hydrogen-bond donors (Lipinski definition) is 1. The van der Waals surface area contributed by atoms with Crippen molar-refractivity contribution in [2.24, 2.45) is 5.73 Å². The minimum Gasteiger partial charge on any atom is -0.327 e. The van der Waals surface area contributed by atoms with Crippen molar-refractivity contribution in [3.63, 3.8) is 0 Å². The molecule has 1 heterocycles. The van der Waals surface area contributed by atoms with Gasteiger partial charge in [0.1, 0.15) is 0 Å². The molecule has 1 unspecified atom stereocenters. The lowest BCUT2D eigenvalue weighted by Crippen LogP contribution is -2.31. The number of hydrogen-bond acceptors (Lipinski definition) is 4. The summed E-state index contributed by atoms with van der Waals surface area (Å²) in [4.78, 5) is 2.34. The molecule has 1 fully saturated rings. The van der Waals surface area contributed by atoms with E-state index in [9.17, 15) is 8.42 Å². The van der Waals surface area contributed by atoms with Crippen LogP contribution in [0.3, 0.4) is 0 Å². The van der Waals surface area contributed by atoms with Gasteiger partial charge in [-0.3, -0.25) is 0 Å². The summed E-state index contributed by atoms with van der Waals surface area (Å²) in [7, 11) is -2.94. The summed E-state index contributed by atoms with van der Waals surface area (Å²) in [6, 6.07) is -0.197. The number of nitrogens with two attached hydrogens (primary N) is 1. The molecule has 0 saturated carbocycles. The highest BCUT2D eigenvalue weighted by atomic mass is 32.2. The van der Waals surface area contributed by atoms with Crippen molar-refractivity contribution in [2.45, 2.75) is 38.6 Å². The Hall–Kier alpha value is -0.130. The van der Waals surface area contributed by atoms with Crippen LogP contribution in [0.2, 0.25) is 0 Å². The number of rotatable bonds is 7. The Labute approximate surface area is 99.1 Å². The van der Waals surface area contributed by atoms with E-state index in [1.54, 1.807) is 0 Å². The normalized spacial score (nSPS) is 20.1. The molecule has 0 radical (unpaired) electrons.